The normalized spacial score (nSPS) is 19.3. The second-order valence-electron chi connectivity index (χ2n) is 6.99. The van der Waals surface area contributed by atoms with Gasteiger partial charge in [0.15, 0.2) is 0 Å². The molecule has 23 heavy (non-hydrogen) atoms. The summed E-state index contributed by atoms with van der Waals surface area (Å²) < 4.78 is 1.57. The summed E-state index contributed by atoms with van der Waals surface area (Å²) in [5, 5.41) is 7.77. The van der Waals surface area contributed by atoms with E-state index >= 15 is 0 Å². The van der Waals surface area contributed by atoms with Crippen LogP contribution in [0.4, 0.5) is 0 Å². The zero-order valence-electron chi connectivity index (χ0n) is 14.7. The fourth-order valence-electron chi connectivity index (χ4n) is 3.22. The van der Waals surface area contributed by atoms with Gasteiger partial charge in [0.1, 0.15) is 5.15 Å². The lowest BCUT2D eigenvalue weighted by atomic mass is 10.0. The molecule has 0 saturated carbocycles. The molecule has 0 aliphatic carbocycles. The van der Waals surface area contributed by atoms with Gasteiger partial charge in [-0.05, 0) is 44.2 Å². The Bertz CT molecular complexity index is 541. The van der Waals surface area contributed by atoms with E-state index in [1.165, 1.54) is 25.9 Å². The number of nitrogens with zero attached hydrogens (tertiary/aromatic N) is 3. The van der Waals surface area contributed by atoms with E-state index in [1.54, 1.807) is 11.7 Å². The number of hydrogen-bond acceptors (Lipinski definition) is 3. The van der Waals surface area contributed by atoms with Crippen molar-refractivity contribution in [3.8, 4) is 0 Å². The van der Waals surface area contributed by atoms with Gasteiger partial charge in [-0.3, -0.25) is 9.48 Å². The third-order valence-corrected chi connectivity index (χ3v) is 4.89. The molecule has 1 amide bonds. The summed E-state index contributed by atoms with van der Waals surface area (Å²) >= 11 is 6.23. The van der Waals surface area contributed by atoms with E-state index in [2.05, 4.69) is 22.2 Å². The Morgan fingerprint density at radius 3 is 2.87 bits per heavy atom. The average molecular weight is 341 g/mol. The SMILES string of the molecule is CC(C)c1nn(C)c(Cl)c1C(=O)NCCCN1CCC[C@H](C)C1. The molecule has 1 aromatic heterocycles. The smallest absolute Gasteiger partial charge is 0.256 e. The van der Waals surface area contributed by atoms with Crippen molar-refractivity contribution < 1.29 is 4.79 Å². The first-order valence-electron chi connectivity index (χ1n) is 8.63. The molecule has 5 nitrogen and oxygen atoms in total. The highest BCUT2D eigenvalue weighted by atomic mass is 35.5. The first-order chi connectivity index (χ1) is 10.9. The number of aryl methyl sites for hydroxylation is 1. The van der Waals surface area contributed by atoms with Crippen LogP contribution < -0.4 is 5.32 Å². The van der Waals surface area contributed by atoms with Gasteiger partial charge in [-0.2, -0.15) is 5.10 Å². The summed E-state index contributed by atoms with van der Waals surface area (Å²) in [5.74, 6) is 0.851. The lowest BCUT2D eigenvalue weighted by Crippen LogP contribution is -2.36. The number of amides is 1. The molecule has 1 aliphatic heterocycles. The number of likely N-dealkylation sites (tertiary alicyclic amines) is 1. The zero-order chi connectivity index (χ0) is 17.0. The molecule has 1 fully saturated rings. The van der Waals surface area contributed by atoms with Gasteiger partial charge in [-0.1, -0.05) is 32.4 Å². The maximum absolute atomic E-state index is 12.4. The highest BCUT2D eigenvalue weighted by Gasteiger charge is 2.23. The number of rotatable bonds is 6. The number of halogens is 1. The Kier molecular flexibility index (Phi) is 6.48. The van der Waals surface area contributed by atoms with Crippen LogP contribution in [0.3, 0.4) is 0 Å². The highest BCUT2D eigenvalue weighted by molar-refractivity contribution is 6.33. The maximum atomic E-state index is 12.4. The molecule has 1 aliphatic rings. The summed E-state index contributed by atoms with van der Waals surface area (Å²) in [4.78, 5) is 14.9. The molecule has 0 unspecified atom stereocenters. The number of carbonyl (C=O) groups is 1. The zero-order valence-corrected chi connectivity index (χ0v) is 15.5. The molecule has 2 rings (SSSR count). The number of nitrogens with one attached hydrogen (secondary N) is 1. The molecule has 0 bridgehead atoms. The van der Waals surface area contributed by atoms with Crippen molar-refractivity contribution in [1.29, 1.82) is 0 Å². The Hall–Kier alpha value is -1.07. The maximum Gasteiger partial charge on any atom is 0.256 e. The van der Waals surface area contributed by atoms with E-state index in [9.17, 15) is 4.79 Å². The second-order valence-corrected chi connectivity index (χ2v) is 7.34. The number of hydrogen-bond donors (Lipinski definition) is 1. The molecule has 0 radical (unpaired) electrons. The molecule has 1 aromatic rings. The predicted octanol–water partition coefficient (Wildman–Crippen LogP) is 3.05. The summed E-state index contributed by atoms with van der Waals surface area (Å²) in [6.45, 7) is 10.4. The van der Waals surface area contributed by atoms with Gasteiger partial charge in [-0.25, -0.2) is 0 Å². The third-order valence-electron chi connectivity index (χ3n) is 4.46. The molecule has 1 N–H and O–H groups in total. The third kappa shape index (κ3) is 4.70. The van der Waals surface area contributed by atoms with E-state index in [0.29, 0.717) is 17.3 Å². The minimum absolute atomic E-state index is 0.112. The Balaban J connectivity index is 1.83. The fourth-order valence-corrected chi connectivity index (χ4v) is 3.44. The van der Waals surface area contributed by atoms with E-state index < -0.39 is 0 Å². The van der Waals surface area contributed by atoms with Crippen LogP contribution in [0, 0.1) is 5.92 Å². The van der Waals surface area contributed by atoms with Crippen molar-refractivity contribution in [1.82, 2.24) is 20.0 Å². The standard InChI is InChI=1S/C17H29ClN4O/c1-12(2)15-14(16(18)21(4)20-15)17(23)19-8-6-10-22-9-5-7-13(3)11-22/h12-13H,5-11H2,1-4H3,(H,19,23)/t13-/m0/s1. The van der Waals surface area contributed by atoms with Gasteiger partial charge >= 0.3 is 0 Å². The van der Waals surface area contributed by atoms with E-state index in [0.717, 1.165) is 24.6 Å². The molecule has 6 heteroatoms. The van der Waals surface area contributed by atoms with Gasteiger partial charge < -0.3 is 10.2 Å². The van der Waals surface area contributed by atoms with Gasteiger partial charge in [0.05, 0.1) is 11.3 Å². The fraction of sp³-hybridized carbons (Fsp3) is 0.765. The van der Waals surface area contributed by atoms with Crippen molar-refractivity contribution in [3.63, 3.8) is 0 Å². The van der Waals surface area contributed by atoms with Crippen LogP contribution in [0.25, 0.3) is 0 Å². The topological polar surface area (TPSA) is 50.2 Å². The predicted molar refractivity (Wildman–Crippen MR) is 94.1 cm³/mol. The van der Waals surface area contributed by atoms with Crippen LogP contribution in [0.2, 0.25) is 5.15 Å². The molecule has 2 heterocycles. The van der Waals surface area contributed by atoms with Crippen LogP contribution in [-0.4, -0.2) is 46.8 Å². The van der Waals surface area contributed by atoms with Gasteiger partial charge in [0.2, 0.25) is 0 Å². The molecule has 1 saturated heterocycles. The van der Waals surface area contributed by atoms with E-state index in [-0.39, 0.29) is 11.8 Å². The van der Waals surface area contributed by atoms with Crippen molar-refractivity contribution in [2.45, 2.75) is 46.0 Å². The van der Waals surface area contributed by atoms with Crippen molar-refractivity contribution in [2.24, 2.45) is 13.0 Å². The summed E-state index contributed by atoms with van der Waals surface area (Å²) in [7, 11) is 1.77. The lowest BCUT2D eigenvalue weighted by molar-refractivity contribution is 0.0949. The van der Waals surface area contributed by atoms with Crippen LogP contribution in [0.15, 0.2) is 0 Å². The summed E-state index contributed by atoms with van der Waals surface area (Å²) in [5.41, 5.74) is 1.29. The first kappa shape index (κ1) is 18.3. The van der Waals surface area contributed by atoms with Crippen molar-refractivity contribution in [3.05, 3.63) is 16.4 Å². The quantitative estimate of drug-likeness (QED) is 0.810. The summed E-state index contributed by atoms with van der Waals surface area (Å²) in [6, 6.07) is 0. The Morgan fingerprint density at radius 1 is 1.48 bits per heavy atom. The minimum Gasteiger partial charge on any atom is -0.352 e. The van der Waals surface area contributed by atoms with Crippen LogP contribution >= 0.6 is 11.6 Å². The summed E-state index contributed by atoms with van der Waals surface area (Å²) in [6.07, 6.45) is 3.59. The lowest BCUT2D eigenvalue weighted by Gasteiger charge is -2.30. The molecule has 0 aromatic carbocycles. The number of piperidine rings is 1. The van der Waals surface area contributed by atoms with Crippen molar-refractivity contribution >= 4 is 17.5 Å². The Morgan fingerprint density at radius 2 is 2.22 bits per heavy atom. The monoisotopic (exact) mass is 340 g/mol. The van der Waals surface area contributed by atoms with Crippen LogP contribution in [-0.2, 0) is 7.05 Å². The first-order valence-corrected chi connectivity index (χ1v) is 9.00. The van der Waals surface area contributed by atoms with Crippen LogP contribution in [0.1, 0.15) is 62.0 Å². The Labute approximate surface area is 144 Å². The van der Waals surface area contributed by atoms with Gasteiger partial charge in [0, 0.05) is 20.1 Å². The molecular weight excluding hydrogens is 312 g/mol. The van der Waals surface area contributed by atoms with Gasteiger partial charge in [-0.15, -0.1) is 0 Å². The molecule has 1 atom stereocenters. The highest BCUT2D eigenvalue weighted by Crippen LogP contribution is 2.25. The molecule has 0 spiro atoms. The van der Waals surface area contributed by atoms with E-state index in [1.807, 2.05) is 13.8 Å². The van der Waals surface area contributed by atoms with Crippen LogP contribution in [0.5, 0.6) is 0 Å². The number of carbonyl (C=O) groups excluding carboxylic acids is 1. The molecular formula is C17H29ClN4O. The number of aromatic nitrogens is 2. The minimum atomic E-state index is -0.112. The molecule has 130 valence electrons. The average Bonchev–Trinajstić information content (AvgIpc) is 2.80. The largest absolute Gasteiger partial charge is 0.352 e. The second kappa shape index (κ2) is 8.15. The van der Waals surface area contributed by atoms with Gasteiger partial charge in [0.25, 0.3) is 5.91 Å². The van der Waals surface area contributed by atoms with Crippen molar-refractivity contribution in [2.75, 3.05) is 26.2 Å². The van der Waals surface area contributed by atoms with E-state index in [4.69, 9.17) is 11.6 Å².